The molecule has 1 N–H and O–H groups in total. The maximum Gasteiger partial charge on any atom is 0.250 e. The number of thiazole rings is 1. The van der Waals surface area contributed by atoms with Gasteiger partial charge in [0.05, 0.1) is 12.3 Å². The molecule has 0 aliphatic heterocycles. The Kier molecular flexibility index (Phi) is 5.34. The predicted molar refractivity (Wildman–Crippen MR) is 111 cm³/mol. The number of hydrogen-bond donors (Lipinski definition) is 1. The fourth-order valence-electron chi connectivity index (χ4n) is 2.78. The van der Waals surface area contributed by atoms with Crippen molar-refractivity contribution >= 4 is 28.2 Å². The Balaban J connectivity index is 1.34. The number of hydrogen-bond acceptors (Lipinski definition) is 5. The van der Waals surface area contributed by atoms with E-state index in [2.05, 4.69) is 46.6 Å². The summed E-state index contributed by atoms with van der Waals surface area (Å²) in [6, 6.07) is 17.8. The molecule has 4 aromatic rings. The van der Waals surface area contributed by atoms with Gasteiger partial charge < -0.3 is 4.74 Å². The van der Waals surface area contributed by atoms with Crippen molar-refractivity contribution in [1.82, 2.24) is 14.6 Å². The summed E-state index contributed by atoms with van der Waals surface area (Å²) in [6.45, 7) is 2.54. The molecule has 142 valence electrons. The van der Waals surface area contributed by atoms with E-state index in [0.29, 0.717) is 25.4 Å². The van der Waals surface area contributed by atoms with Gasteiger partial charge >= 0.3 is 0 Å². The summed E-state index contributed by atoms with van der Waals surface area (Å²) in [6.07, 6.45) is 0.974. The monoisotopic (exact) mass is 392 g/mol. The van der Waals surface area contributed by atoms with Crippen LogP contribution in [0.2, 0.25) is 0 Å². The van der Waals surface area contributed by atoms with Gasteiger partial charge in [-0.05, 0) is 25.5 Å². The van der Waals surface area contributed by atoms with Crippen LogP contribution in [0.1, 0.15) is 18.4 Å². The second kappa shape index (κ2) is 8.22. The minimum absolute atomic E-state index is 0.119. The van der Waals surface area contributed by atoms with Crippen LogP contribution in [0.25, 0.3) is 16.2 Å². The lowest BCUT2D eigenvalue weighted by Gasteiger charge is -2.05. The molecule has 2 heterocycles. The molecule has 2 aromatic heterocycles. The van der Waals surface area contributed by atoms with Gasteiger partial charge in [-0.1, -0.05) is 48.0 Å². The predicted octanol–water partition coefficient (Wildman–Crippen LogP) is 4.56. The van der Waals surface area contributed by atoms with Gasteiger partial charge in [0.25, 0.3) is 0 Å². The number of amides is 1. The third-order valence-corrected chi connectivity index (χ3v) is 5.06. The maximum absolute atomic E-state index is 12.2. The minimum Gasteiger partial charge on any atom is -0.494 e. The van der Waals surface area contributed by atoms with Gasteiger partial charge in [-0.15, -0.1) is 16.4 Å². The summed E-state index contributed by atoms with van der Waals surface area (Å²) in [4.78, 5) is 17.3. The van der Waals surface area contributed by atoms with E-state index in [1.807, 2.05) is 35.7 Å². The van der Waals surface area contributed by atoms with E-state index in [9.17, 15) is 4.79 Å². The average molecular weight is 392 g/mol. The Morgan fingerprint density at radius 3 is 2.71 bits per heavy atom. The number of anilines is 1. The fraction of sp³-hybridized carbons (Fsp3) is 0.190. The van der Waals surface area contributed by atoms with Gasteiger partial charge in [-0.25, -0.2) is 4.52 Å². The van der Waals surface area contributed by atoms with Crippen LogP contribution in [-0.4, -0.2) is 27.1 Å². The zero-order chi connectivity index (χ0) is 19.3. The summed E-state index contributed by atoms with van der Waals surface area (Å²) in [5.74, 6) is 1.02. The number of para-hydroxylation sites is 1. The number of rotatable bonds is 7. The molecule has 0 radical (unpaired) electrons. The Morgan fingerprint density at radius 1 is 1.14 bits per heavy atom. The summed E-state index contributed by atoms with van der Waals surface area (Å²) in [5.41, 5.74) is 3.24. The Bertz CT molecular complexity index is 1070. The molecule has 1 amide bonds. The SMILES string of the molecule is Cc1ccc(-c2csc3nc(NC(=O)CCCOc4ccccc4)nn23)cc1. The first-order chi connectivity index (χ1) is 13.7. The van der Waals surface area contributed by atoms with Crippen molar-refractivity contribution < 1.29 is 9.53 Å². The molecule has 4 rings (SSSR count). The van der Waals surface area contributed by atoms with Crippen LogP contribution in [0.4, 0.5) is 5.95 Å². The molecule has 0 aliphatic carbocycles. The van der Waals surface area contributed by atoms with E-state index >= 15 is 0 Å². The zero-order valence-electron chi connectivity index (χ0n) is 15.5. The van der Waals surface area contributed by atoms with Crippen LogP contribution in [-0.2, 0) is 4.79 Å². The second-order valence-corrected chi connectivity index (χ2v) is 7.27. The molecular weight excluding hydrogens is 372 g/mol. The van der Waals surface area contributed by atoms with Crippen LogP contribution in [0.15, 0.2) is 60.0 Å². The maximum atomic E-state index is 12.2. The third-order valence-electron chi connectivity index (χ3n) is 4.24. The quantitative estimate of drug-likeness (QED) is 0.468. The van der Waals surface area contributed by atoms with Crippen molar-refractivity contribution in [2.24, 2.45) is 0 Å². The molecular formula is C21H20N4O2S. The zero-order valence-corrected chi connectivity index (χ0v) is 16.3. The largest absolute Gasteiger partial charge is 0.494 e. The van der Waals surface area contributed by atoms with Crippen LogP contribution in [0.5, 0.6) is 5.75 Å². The van der Waals surface area contributed by atoms with Crippen LogP contribution in [0.3, 0.4) is 0 Å². The highest BCUT2D eigenvalue weighted by Gasteiger charge is 2.13. The van der Waals surface area contributed by atoms with E-state index in [0.717, 1.165) is 22.0 Å². The van der Waals surface area contributed by atoms with Crippen molar-refractivity contribution in [3.8, 4) is 17.0 Å². The van der Waals surface area contributed by atoms with E-state index in [4.69, 9.17) is 4.74 Å². The number of carbonyl (C=O) groups excluding carboxylic acids is 1. The van der Waals surface area contributed by atoms with E-state index < -0.39 is 0 Å². The van der Waals surface area contributed by atoms with Crippen molar-refractivity contribution in [3.63, 3.8) is 0 Å². The molecule has 0 unspecified atom stereocenters. The van der Waals surface area contributed by atoms with Crippen molar-refractivity contribution in [1.29, 1.82) is 0 Å². The Hall–Kier alpha value is -3.19. The topological polar surface area (TPSA) is 68.5 Å². The second-order valence-electron chi connectivity index (χ2n) is 6.43. The Labute approximate surface area is 166 Å². The van der Waals surface area contributed by atoms with Crippen LogP contribution < -0.4 is 10.1 Å². The van der Waals surface area contributed by atoms with Gasteiger partial charge in [0.15, 0.2) is 0 Å². The summed E-state index contributed by atoms with van der Waals surface area (Å²) >= 11 is 1.50. The highest BCUT2D eigenvalue weighted by Crippen LogP contribution is 2.26. The van der Waals surface area contributed by atoms with Gasteiger partial charge in [0.1, 0.15) is 5.75 Å². The van der Waals surface area contributed by atoms with Crippen molar-refractivity contribution in [2.75, 3.05) is 11.9 Å². The molecule has 0 fully saturated rings. The number of nitrogens with one attached hydrogen (secondary N) is 1. The summed E-state index contributed by atoms with van der Waals surface area (Å²) < 4.78 is 7.37. The highest BCUT2D eigenvalue weighted by atomic mass is 32.1. The number of aromatic nitrogens is 3. The first kappa shape index (κ1) is 18.2. The van der Waals surface area contributed by atoms with E-state index in [1.54, 1.807) is 4.52 Å². The number of benzene rings is 2. The number of aryl methyl sites for hydroxylation is 1. The van der Waals surface area contributed by atoms with E-state index in [1.165, 1.54) is 16.9 Å². The van der Waals surface area contributed by atoms with E-state index in [-0.39, 0.29) is 5.91 Å². The normalized spacial score (nSPS) is 10.9. The minimum atomic E-state index is -0.119. The lowest BCUT2D eigenvalue weighted by molar-refractivity contribution is -0.116. The van der Waals surface area contributed by atoms with Crippen molar-refractivity contribution in [3.05, 3.63) is 65.5 Å². The van der Waals surface area contributed by atoms with Gasteiger partial charge in [-0.3, -0.25) is 10.1 Å². The first-order valence-electron chi connectivity index (χ1n) is 9.08. The highest BCUT2D eigenvalue weighted by molar-refractivity contribution is 7.15. The molecule has 0 bridgehead atoms. The molecule has 0 saturated carbocycles. The van der Waals surface area contributed by atoms with Gasteiger partial charge in [0, 0.05) is 17.4 Å². The molecule has 2 aromatic carbocycles. The van der Waals surface area contributed by atoms with Gasteiger partial charge in [-0.2, -0.15) is 4.98 Å². The molecule has 0 atom stereocenters. The number of carbonyl (C=O) groups is 1. The molecule has 0 saturated heterocycles. The summed E-state index contributed by atoms with van der Waals surface area (Å²) in [7, 11) is 0. The Morgan fingerprint density at radius 2 is 1.93 bits per heavy atom. The molecule has 0 spiro atoms. The fourth-order valence-corrected chi connectivity index (χ4v) is 3.61. The van der Waals surface area contributed by atoms with Crippen LogP contribution >= 0.6 is 11.3 Å². The summed E-state index contributed by atoms with van der Waals surface area (Å²) in [5, 5.41) is 9.23. The molecule has 7 heteroatoms. The lowest BCUT2D eigenvalue weighted by atomic mass is 10.1. The first-order valence-corrected chi connectivity index (χ1v) is 9.96. The number of nitrogens with zero attached hydrogens (tertiary/aromatic N) is 3. The van der Waals surface area contributed by atoms with Crippen molar-refractivity contribution in [2.45, 2.75) is 19.8 Å². The number of fused-ring (bicyclic) bond motifs is 1. The smallest absolute Gasteiger partial charge is 0.250 e. The molecule has 6 nitrogen and oxygen atoms in total. The average Bonchev–Trinajstić information content (AvgIpc) is 3.27. The molecule has 28 heavy (non-hydrogen) atoms. The van der Waals surface area contributed by atoms with Crippen LogP contribution in [0, 0.1) is 6.92 Å². The number of ether oxygens (including phenoxy) is 1. The molecule has 0 aliphatic rings. The third kappa shape index (κ3) is 4.20. The van der Waals surface area contributed by atoms with Gasteiger partial charge in [0.2, 0.25) is 16.8 Å². The lowest BCUT2D eigenvalue weighted by Crippen LogP contribution is -2.14. The standard InChI is InChI=1S/C21H20N4O2S/c1-15-9-11-16(12-10-15)18-14-28-21-23-20(24-25(18)21)22-19(26)8-5-13-27-17-6-3-2-4-7-17/h2-4,6-7,9-12,14H,5,8,13H2,1H3,(H,22,24,26).